The van der Waals surface area contributed by atoms with Crippen LogP contribution >= 0.6 is 0 Å². The molecule has 2 aliphatic heterocycles. The van der Waals surface area contributed by atoms with Crippen molar-refractivity contribution < 1.29 is 8.42 Å². The number of fused-ring (bicyclic) bond motifs is 1. The van der Waals surface area contributed by atoms with Gasteiger partial charge in [-0.2, -0.15) is 0 Å². The van der Waals surface area contributed by atoms with Gasteiger partial charge in [-0.1, -0.05) is 12.1 Å². The number of hydrogen-bond donors (Lipinski definition) is 1. The topological polar surface area (TPSA) is 108 Å². The summed E-state index contributed by atoms with van der Waals surface area (Å²) in [5.74, 6) is 1.27. The molecule has 1 aromatic carbocycles. The van der Waals surface area contributed by atoms with Crippen LogP contribution < -0.4 is 4.90 Å². The van der Waals surface area contributed by atoms with Crippen molar-refractivity contribution in [2.45, 2.75) is 29.8 Å². The van der Waals surface area contributed by atoms with Crippen LogP contribution in [-0.2, 0) is 9.84 Å². The largest absolute Gasteiger partial charge is 0.352 e. The van der Waals surface area contributed by atoms with Gasteiger partial charge in [-0.05, 0) is 54.1 Å². The van der Waals surface area contributed by atoms with Gasteiger partial charge in [-0.3, -0.25) is 0 Å². The molecule has 2 saturated heterocycles. The minimum absolute atomic E-state index is 0.180. The van der Waals surface area contributed by atoms with Crippen LogP contribution in [0.15, 0.2) is 41.4 Å². The number of aromatic amines is 1. The Kier molecular flexibility index (Phi) is 4.55. The highest BCUT2D eigenvalue weighted by Crippen LogP contribution is 2.37. The molecule has 0 radical (unpaired) electrons. The maximum absolute atomic E-state index is 12.4. The van der Waals surface area contributed by atoms with Crippen LogP contribution in [-0.4, -0.2) is 77.4 Å². The first kappa shape index (κ1) is 19.1. The number of likely N-dealkylation sites (N-methyl/N-ethyl adjacent to an activating group) is 1. The Hall–Kier alpha value is -2.85. The van der Waals surface area contributed by atoms with Gasteiger partial charge in [0, 0.05) is 48.8 Å². The van der Waals surface area contributed by atoms with Crippen LogP contribution in [0.25, 0.3) is 22.5 Å². The predicted molar refractivity (Wildman–Crippen MR) is 113 cm³/mol. The molecule has 4 heterocycles. The number of rotatable bonds is 4. The molecular weight excluding hydrogens is 402 g/mol. The normalized spacial score (nSPS) is 21.9. The molecule has 0 amide bonds. The SMILES string of the molecule is CN1CCC2C1CCN2c1ccc(-c2cccc(S(C)(=O)=O)c2-c2nnn[nH]2)cn1. The third-order valence-electron chi connectivity index (χ3n) is 6.21. The Morgan fingerprint density at radius 1 is 1.10 bits per heavy atom. The van der Waals surface area contributed by atoms with Crippen LogP contribution in [0.1, 0.15) is 12.8 Å². The number of aromatic nitrogens is 5. The first-order valence-corrected chi connectivity index (χ1v) is 11.8. The Bertz CT molecular complexity index is 1160. The van der Waals surface area contributed by atoms with E-state index in [0.29, 0.717) is 23.5 Å². The molecule has 3 aromatic rings. The summed E-state index contributed by atoms with van der Waals surface area (Å²) >= 11 is 0. The Balaban J connectivity index is 1.54. The summed E-state index contributed by atoms with van der Waals surface area (Å²) in [5, 5.41) is 13.9. The van der Waals surface area contributed by atoms with Crippen molar-refractivity contribution in [2.75, 3.05) is 31.3 Å². The zero-order valence-electron chi connectivity index (χ0n) is 16.9. The molecule has 0 bridgehead atoms. The average molecular weight is 426 g/mol. The molecular formula is C20H23N7O2S. The molecule has 0 saturated carbocycles. The summed E-state index contributed by atoms with van der Waals surface area (Å²) < 4.78 is 24.8. The van der Waals surface area contributed by atoms with Crippen LogP contribution in [0.2, 0.25) is 0 Å². The lowest BCUT2D eigenvalue weighted by atomic mass is 10.0. The van der Waals surface area contributed by atoms with E-state index in [-0.39, 0.29) is 4.90 Å². The Morgan fingerprint density at radius 3 is 2.63 bits per heavy atom. The average Bonchev–Trinajstić information content (AvgIpc) is 3.47. The lowest BCUT2D eigenvalue weighted by molar-refractivity contribution is 0.311. The second-order valence-corrected chi connectivity index (χ2v) is 9.98. The van der Waals surface area contributed by atoms with E-state index in [1.165, 1.54) is 6.26 Å². The van der Waals surface area contributed by atoms with E-state index >= 15 is 0 Å². The molecule has 2 aliphatic rings. The predicted octanol–water partition coefficient (Wildman–Crippen LogP) is 1.61. The number of nitrogens with one attached hydrogen (secondary N) is 1. The minimum atomic E-state index is -3.48. The van der Waals surface area contributed by atoms with E-state index in [4.69, 9.17) is 4.98 Å². The van der Waals surface area contributed by atoms with Crippen LogP contribution in [0, 0.1) is 0 Å². The zero-order chi connectivity index (χ0) is 20.9. The molecule has 0 aliphatic carbocycles. The third-order valence-corrected chi connectivity index (χ3v) is 7.35. The van der Waals surface area contributed by atoms with Crippen LogP contribution in [0.3, 0.4) is 0 Å². The van der Waals surface area contributed by atoms with E-state index in [1.807, 2.05) is 18.2 Å². The van der Waals surface area contributed by atoms with Gasteiger partial charge < -0.3 is 9.80 Å². The van der Waals surface area contributed by atoms with E-state index in [9.17, 15) is 8.42 Å². The molecule has 0 spiro atoms. The van der Waals surface area contributed by atoms with Crippen molar-refractivity contribution in [2.24, 2.45) is 0 Å². The quantitative estimate of drug-likeness (QED) is 0.672. The number of hydrogen-bond acceptors (Lipinski definition) is 8. The second kappa shape index (κ2) is 7.13. The van der Waals surface area contributed by atoms with Gasteiger partial charge >= 0.3 is 0 Å². The fourth-order valence-electron chi connectivity index (χ4n) is 4.79. The number of likely N-dealkylation sites (tertiary alicyclic amines) is 1. The number of benzene rings is 1. The van der Waals surface area contributed by atoms with Crippen molar-refractivity contribution in [1.29, 1.82) is 0 Å². The second-order valence-electron chi connectivity index (χ2n) is 7.99. The van der Waals surface area contributed by atoms with Crippen molar-refractivity contribution in [1.82, 2.24) is 30.5 Å². The maximum atomic E-state index is 12.4. The Labute approximate surface area is 175 Å². The molecule has 2 aromatic heterocycles. The van der Waals surface area contributed by atoms with Crippen molar-refractivity contribution >= 4 is 15.7 Å². The molecule has 5 rings (SSSR count). The smallest absolute Gasteiger partial charge is 0.181 e. The summed E-state index contributed by atoms with van der Waals surface area (Å²) in [6.45, 7) is 2.13. The minimum Gasteiger partial charge on any atom is -0.352 e. The number of anilines is 1. The van der Waals surface area contributed by atoms with Gasteiger partial charge in [0.05, 0.1) is 4.90 Å². The standard InChI is InChI=1S/C20H23N7O2S/c1-26-10-8-16-15(26)9-11-27(16)18-7-6-13(12-21-18)14-4-3-5-17(30(2,28)29)19(14)20-22-24-25-23-20/h3-7,12,15-16H,8-11H2,1-2H3,(H,22,23,24,25). The summed E-state index contributed by atoms with van der Waals surface area (Å²) in [6, 6.07) is 10.3. The lowest BCUT2D eigenvalue weighted by Crippen LogP contribution is -2.35. The Morgan fingerprint density at radius 2 is 1.93 bits per heavy atom. The van der Waals surface area contributed by atoms with Crippen molar-refractivity contribution in [3.63, 3.8) is 0 Å². The first-order valence-electron chi connectivity index (χ1n) is 9.94. The molecule has 2 atom stereocenters. The molecule has 156 valence electrons. The van der Waals surface area contributed by atoms with Gasteiger partial charge in [0.1, 0.15) is 5.82 Å². The fourth-order valence-corrected chi connectivity index (χ4v) is 5.69. The van der Waals surface area contributed by atoms with Gasteiger partial charge in [0.2, 0.25) is 0 Å². The molecule has 30 heavy (non-hydrogen) atoms. The zero-order valence-corrected chi connectivity index (χ0v) is 17.7. The number of nitrogens with zero attached hydrogens (tertiary/aromatic N) is 6. The fraction of sp³-hybridized carbons (Fsp3) is 0.400. The van der Waals surface area contributed by atoms with E-state index < -0.39 is 9.84 Å². The highest BCUT2D eigenvalue weighted by molar-refractivity contribution is 7.90. The third kappa shape index (κ3) is 3.16. The highest BCUT2D eigenvalue weighted by Gasteiger charge is 2.41. The summed E-state index contributed by atoms with van der Waals surface area (Å²) in [7, 11) is -1.28. The molecule has 2 unspecified atom stereocenters. The van der Waals surface area contributed by atoms with Gasteiger partial charge in [-0.15, -0.1) is 5.10 Å². The maximum Gasteiger partial charge on any atom is 0.181 e. The summed E-state index contributed by atoms with van der Waals surface area (Å²) in [6.07, 6.45) is 5.30. The number of tetrazole rings is 1. The van der Waals surface area contributed by atoms with E-state index in [1.54, 1.807) is 18.3 Å². The van der Waals surface area contributed by atoms with Gasteiger partial charge in [-0.25, -0.2) is 18.5 Å². The molecule has 2 fully saturated rings. The molecule has 10 heteroatoms. The highest BCUT2D eigenvalue weighted by atomic mass is 32.2. The first-order chi connectivity index (χ1) is 14.4. The number of H-pyrrole nitrogens is 1. The van der Waals surface area contributed by atoms with E-state index in [2.05, 4.69) is 37.5 Å². The van der Waals surface area contributed by atoms with Crippen LogP contribution in [0.4, 0.5) is 5.82 Å². The number of sulfone groups is 1. The van der Waals surface area contributed by atoms with Crippen molar-refractivity contribution in [3.05, 3.63) is 36.5 Å². The van der Waals surface area contributed by atoms with Crippen molar-refractivity contribution in [3.8, 4) is 22.5 Å². The molecule has 1 N–H and O–H groups in total. The van der Waals surface area contributed by atoms with Gasteiger partial charge in [0.25, 0.3) is 0 Å². The lowest BCUT2D eigenvalue weighted by Gasteiger charge is -2.25. The van der Waals surface area contributed by atoms with Crippen LogP contribution in [0.5, 0.6) is 0 Å². The van der Waals surface area contributed by atoms with E-state index in [0.717, 1.165) is 42.9 Å². The summed E-state index contributed by atoms with van der Waals surface area (Å²) in [4.78, 5) is 9.75. The summed E-state index contributed by atoms with van der Waals surface area (Å²) in [5.41, 5.74) is 1.99. The number of pyridine rings is 1. The monoisotopic (exact) mass is 425 g/mol. The van der Waals surface area contributed by atoms with Gasteiger partial charge in [0.15, 0.2) is 15.7 Å². The molecule has 9 nitrogen and oxygen atoms in total.